The summed E-state index contributed by atoms with van der Waals surface area (Å²) in [4.78, 5) is 0. The van der Waals surface area contributed by atoms with Gasteiger partial charge in [-0.3, -0.25) is 0 Å². The number of thioether (sulfide) groups is 1. The van der Waals surface area contributed by atoms with Crippen LogP contribution in [0.5, 0.6) is 0 Å². The molecule has 0 aromatic heterocycles. The highest BCUT2D eigenvalue weighted by atomic mass is 32.2. The van der Waals surface area contributed by atoms with E-state index in [4.69, 9.17) is 0 Å². The van der Waals surface area contributed by atoms with Gasteiger partial charge < -0.3 is 5.11 Å². The molecule has 2 atom stereocenters. The van der Waals surface area contributed by atoms with Crippen molar-refractivity contribution in [2.75, 3.05) is 5.75 Å². The quantitative estimate of drug-likeness (QED) is 0.876. The second-order valence-corrected chi connectivity index (χ2v) is 5.74. The van der Waals surface area contributed by atoms with Crippen molar-refractivity contribution in [2.24, 2.45) is 0 Å². The van der Waals surface area contributed by atoms with E-state index in [1.165, 1.54) is 18.6 Å². The predicted octanol–water partition coefficient (Wildman–Crippen LogP) is 2.93. The first-order valence-electron chi connectivity index (χ1n) is 5.71. The number of benzene rings is 1. The monoisotopic (exact) mass is 240 g/mol. The third-order valence-electron chi connectivity index (χ3n) is 3.13. The fraction of sp³-hybridized carbons (Fsp3) is 0.538. The van der Waals surface area contributed by atoms with Crippen LogP contribution in [0.1, 0.15) is 24.0 Å². The number of aliphatic hydroxyl groups excluding tert-OH is 1. The lowest BCUT2D eigenvalue weighted by Gasteiger charge is -2.18. The lowest BCUT2D eigenvalue weighted by atomic mass is 9.99. The van der Waals surface area contributed by atoms with Gasteiger partial charge in [0.2, 0.25) is 0 Å². The molecule has 1 aliphatic rings. The SMILES string of the molecule is Cc1ccc(F)cc1CC(O)C1CCCS1. The fourth-order valence-corrected chi connectivity index (χ4v) is 3.41. The van der Waals surface area contributed by atoms with E-state index in [-0.39, 0.29) is 11.9 Å². The van der Waals surface area contributed by atoms with Crippen molar-refractivity contribution in [2.45, 2.75) is 37.5 Å². The minimum absolute atomic E-state index is 0.216. The summed E-state index contributed by atoms with van der Waals surface area (Å²) in [5.41, 5.74) is 1.99. The van der Waals surface area contributed by atoms with Crippen molar-refractivity contribution in [3.63, 3.8) is 0 Å². The third-order valence-corrected chi connectivity index (χ3v) is 4.64. The van der Waals surface area contributed by atoms with Gasteiger partial charge in [-0.1, -0.05) is 6.07 Å². The van der Waals surface area contributed by atoms with Crippen molar-refractivity contribution in [1.29, 1.82) is 0 Å². The Kier molecular flexibility index (Phi) is 3.87. The number of halogens is 1. The molecule has 1 N–H and O–H groups in total. The van der Waals surface area contributed by atoms with E-state index in [1.807, 2.05) is 18.7 Å². The molecule has 1 nitrogen and oxygen atoms in total. The fourth-order valence-electron chi connectivity index (χ4n) is 2.12. The number of rotatable bonds is 3. The zero-order valence-corrected chi connectivity index (χ0v) is 10.3. The van der Waals surface area contributed by atoms with Crippen LogP contribution >= 0.6 is 11.8 Å². The lowest BCUT2D eigenvalue weighted by Crippen LogP contribution is -2.23. The summed E-state index contributed by atoms with van der Waals surface area (Å²) in [6, 6.07) is 4.78. The molecule has 0 saturated carbocycles. The van der Waals surface area contributed by atoms with Crippen molar-refractivity contribution in [3.8, 4) is 0 Å². The van der Waals surface area contributed by atoms with Crippen LogP contribution in [0.25, 0.3) is 0 Å². The van der Waals surface area contributed by atoms with Crippen molar-refractivity contribution >= 4 is 11.8 Å². The molecule has 16 heavy (non-hydrogen) atoms. The highest BCUT2D eigenvalue weighted by molar-refractivity contribution is 8.00. The van der Waals surface area contributed by atoms with Crippen LogP contribution in [0.2, 0.25) is 0 Å². The summed E-state index contributed by atoms with van der Waals surface area (Å²) in [5, 5.41) is 10.4. The normalized spacial score (nSPS) is 22.3. The van der Waals surface area contributed by atoms with E-state index >= 15 is 0 Å². The molecule has 1 heterocycles. The second-order valence-electron chi connectivity index (χ2n) is 4.39. The molecular weight excluding hydrogens is 223 g/mol. The Morgan fingerprint density at radius 3 is 3.06 bits per heavy atom. The van der Waals surface area contributed by atoms with Crippen LogP contribution in [-0.2, 0) is 6.42 Å². The summed E-state index contributed by atoms with van der Waals surface area (Å²) in [6.07, 6.45) is 2.50. The topological polar surface area (TPSA) is 20.2 Å². The van der Waals surface area contributed by atoms with E-state index in [2.05, 4.69) is 0 Å². The smallest absolute Gasteiger partial charge is 0.123 e. The largest absolute Gasteiger partial charge is 0.392 e. The van der Waals surface area contributed by atoms with Gasteiger partial charge >= 0.3 is 0 Å². The van der Waals surface area contributed by atoms with Gasteiger partial charge in [0.25, 0.3) is 0 Å². The van der Waals surface area contributed by atoms with E-state index in [0.717, 1.165) is 23.3 Å². The molecule has 0 aliphatic carbocycles. The van der Waals surface area contributed by atoms with Crippen LogP contribution in [0.4, 0.5) is 4.39 Å². The highest BCUT2D eigenvalue weighted by Crippen LogP contribution is 2.30. The number of hydrogen-bond acceptors (Lipinski definition) is 2. The summed E-state index contributed by atoms with van der Waals surface area (Å²) in [5.74, 6) is 0.927. The van der Waals surface area contributed by atoms with Gasteiger partial charge in [0.05, 0.1) is 6.10 Å². The summed E-state index contributed by atoms with van der Waals surface area (Å²) < 4.78 is 13.1. The number of aryl methyl sites for hydroxylation is 1. The molecule has 1 aromatic rings. The van der Waals surface area contributed by atoms with Crippen LogP contribution in [-0.4, -0.2) is 22.2 Å². The maximum Gasteiger partial charge on any atom is 0.123 e. The Hall–Kier alpha value is -0.540. The van der Waals surface area contributed by atoms with Crippen molar-refractivity contribution < 1.29 is 9.50 Å². The van der Waals surface area contributed by atoms with Gasteiger partial charge in [-0.2, -0.15) is 11.8 Å². The molecule has 3 heteroatoms. The lowest BCUT2D eigenvalue weighted by molar-refractivity contribution is 0.170. The highest BCUT2D eigenvalue weighted by Gasteiger charge is 2.24. The minimum atomic E-state index is -0.340. The van der Waals surface area contributed by atoms with Gasteiger partial charge in [0.15, 0.2) is 0 Å². The van der Waals surface area contributed by atoms with E-state index < -0.39 is 0 Å². The average Bonchev–Trinajstić information content (AvgIpc) is 2.76. The van der Waals surface area contributed by atoms with E-state index in [0.29, 0.717) is 11.7 Å². The zero-order chi connectivity index (χ0) is 11.5. The average molecular weight is 240 g/mol. The number of aliphatic hydroxyl groups is 1. The Bertz CT molecular complexity index is 361. The maximum atomic E-state index is 13.1. The van der Waals surface area contributed by atoms with E-state index in [9.17, 15) is 9.50 Å². The molecular formula is C13H17FOS. The third kappa shape index (κ3) is 2.77. The Balaban J connectivity index is 2.04. The summed E-state index contributed by atoms with van der Waals surface area (Å²) in [7, 11) is 0. The number of hydrogen-bond donors (Lipinski definition) is 1. The Morgan fingerprint density at radius 2 is 2.38 bits per heavy atom. The summed E-state index contributed by atoms with van der Waals surface area (Å²) >= 11 is 1.84. The van der Waals surface area contributed by atoms with Gasteiger partial charge in [0, 0.05) is 5.25 Å². The van der Waals surface area contributed by atoms with Crippen LogP contribution in [0, 0.1) is 12.7 Å². The maximum absolute atomic E-state index is 13.1. The van der Waals surface area contributed by atoms with Gasteiger partial charge in [-0.05, 0) is 55.2 Å². The summed E-state index contributed by atoms with van der Waals surface area (Å²) in [6.45, 7) is 1.96. The Morgan fingerprint density at radius 1 is 1.56 bits per heavy atom. The minimum Gasteiger partial charge on any atom is -0.392 e. The van der Waals surface area contributed by atoms with Gasteiger partial charge in [0.1, 0.15) is 5.82 Å². The molecule has 0 bridgehead atoms. The van der Waals surface area contributed by atoms with Gasteiger partial charge in [-0.25, -0.2) is 4.39 Å². The van der Waals surface area contributed by atoms with Crippen molar-refractivity contribution in [3.05, 3.63) is 35.1 Å². The molecule has 2 unspecified atom stereocenters. The van der Waals surface area contributed by atoms with Crippen LogP contribution < -0.4 is 0 Å². The molecule has 2 rings (SSSR count). The predicted molar refractivity (Wildman–Crippen MR) is 66.3 cm³/mol. The first-order chi connectivity index (χ1) is 7.66. The zero-order valence-electron chi connectivity index (χ0n) is 9.45. The molecule has 0 amide bonds. The standard InChI is InChI=1S/C13H17FOS/c1-9-4-5-11(14)7-10(9)8-12(15)13-3-2-6-16-13/h4-5,7,12-13,15H,2-3,6,8H2,1H3. The molecule has 88 valence electrons. The molecule has 1 aliphatic heterocycles. The second kappa shape index (κ2) is 5.19. The molecule has 1 fully saturated rings. The van der Waals surface area contributed by atoms with Crippen molar-refractivity contribution in [1.82, 2.24) is 0 Å². The first-order valence-corrected chi connectivity index (χ1v) is 6.76. The van der Waals surface area contributed by atoms with Gasteiger partial charge in [-0.15, -0.1) is 0 Å². The Labute approximate surface area is 100 Å². The van der Waals surface area contributed by atoms with Crippen LogP contribution in [0.3, 0.4) is 0 Å². The first kappa shape index (κ1) is 11.9. The molecule has 0 radical (unpaired) electrons. The molecule has 1 aromatic carbocycles. The molecule has 1 saturated heterocycles. The van der Waals surface area contributed by atoms with E-state index in [1.54, 1.807) is 6.07 Å². The molecule has 0 spiro atoms. The van der Waals surface area contributed by atoms with Crippen LogP contribution in [0.15, 0.2) is 18.2 Å².